The molecule has 0 aliphatic carbocycles. The number of anilines is 1. The van der Waals surface area contributed by atoms with Crippen LogP contribution >= 0.6 is 22.6 Å². The van der Waals surface area contributed by atoms with Gasteiger partial charge >= 0.3 is 4.12 Å². The van der Waals surface area contributed by atoms with Gasteiger partial charge in [0.05, 0.1) is 6.61 Å². The predicted molar refractivity (Wildman–Crippen MR) is 74.1 cm³/mol. The zero-order valence-corrected chi connectivity index (χ0v) is 12.1. The van der Waals surface area contributed by atoms with Gasteiger partial charge in [0.25, 0.3) is 0 Å². The highest BCUT2D eigenvalue weighted by Crippen LogP contribution is 2.26. The number of piperidine rings is 1. The van der Waals surface area contributed by atoms with Crippen molar-refractivity contribution in [1.82, 2.24) is 4.98 Å². The van der Waals surface area contributed by atoms with Crippen LogP contribution in [0.1, 0.15) is 24.8 Å². The second-order valence-electron chi connectivity index (χ2n) is 4.30. The van der Waals surface area contributed by atoms with Crippen molar-refractivity contribution in [3.63, 3.8) is 0 Å². The SMILES string of the molecule is FC(F)(I)OCc1ccnc(N2CCCCC2)c1. The first-order valence-corrected chi connectivity index (χ1v) is 7.03. The highest BCUT2D eigenvalue weighted by atomic mass is 127. The van der Waals surface area contributed by atoms with Crippen molar-refractivity contribution in [2.75, 3.05) is 18.0 Å². The molecule has 1 aromatic heterocycles. The summed E-state index contributed by atoms with van der Waals surface area (Å²) in [5, 5.41) is 0. The minimum Gasteiger partial charge on any atom is -0.357 e. The van der Waals surface area contributed by atoms with Gasteiger partial charge in [0.1, 0.15) is 5.82 Å². The van der Waals surface area contributed by atoms with Gasteiger partial charge < -0.3 is 9.64 Å². The lowest BCUT2D eigenvalue weighted by Gasteiger charge is -2.27. The molecule has 0 radical (unpaired) electrons. The molecule has 100 valence electrons. The van der Waals surface area contributed by atoms with E-state index in [1.165, 1.54) is 6.42 Å². The van der Waals surface area contributed by atoms with Crippen LogP contribution in [0.15, 0.2) is 18.3 Å². The Morgan fingerprint density at radius 1 is 1.33 bits per heavy atom. The summed E-state index contributed by atoms with van der Waals surface area (Å²) in [4.78, 5) is 6.48. The topological polar surface area (TPSA) is 25.4 Å². The van der Waals surface area contributed by atoms with E-state index in [1.54, 1.807) is 12.3 Å². The van der Waals surface area contributed by atoms with Gasteiger partial charge in [-0.05, 0) is 37.0 Å². The van der Waals surface area contributed by atoms with Crippen molar-refractivity contribution in [2.24, 2.45) is 0 Å². The van der Waals surface area contributed by atoms with Crippen LogP contribution < -0.4 is 4.90 Å². The van der Waals surface area contributed by atoms with E-state index in [1.807, 2.05) is 6.07 Å². The Morgan fingerprint density at radius 2 is 2.06 bits per heavy atom. The van der Waals surface area contributed by atoms with Gasteiger partial charge in [-0.2, -0.15) is 8.78 Å². The number of hydrogen-bond donors (Lipinski definition) is 0. The molecule has 1 aromatic rings. The van der Waals surface area contributed by atoms with Gasteiger partial charge in [0, 0.05) is 41.9 Å². The molecule has 6 heteroatoms. The van der Waals surface area contributed by atoms with E-state index in [0.717, 1.165) is 59.9 Å². The first-order valence-electron chi connectivity index (χ1n) is 5.95. The molecule has 1 saturated heterocycles. The van der Waals surface area contributed by atoms with Crippen LogP contribution in [-0.4, -0.2) is 22.2 Å². The number of alkyl halides is 3. The lowest BCUT2D eigenvalue weighted by molar-refractivity contribution is -0.154. The Labute approximate surface area is 119 Å². The molecule has 1 aliphatic heterocycles. The predicted octanol–water partition coefficient (Wildman–Crippen LogP) is 3.57. The van der Waals surface area contributed by atoms with Crippen molar-refractivity contribution in [2.45, 2.75) is 30.0 Å². The molecule has 0 N–H and O–H groups in total. The highest BCUT2D eigenvalue weighted by Gasteiger charge is 2.24. The molecule has 2 heterocycles. The minimum atomic E-state index is -3.12. The van der Waals surface area contributed by atoms with Crippen molar-refractivity contribution in [3.8, 4) is 0 Å². The van der Waals surface area contributed by atoms with Gasteiger partial charge in [-0.3, -0.25) is 0 Å². The lowest BCUT2D eigenvalue weighted by atomic mass is 10.1. The van der Waals surface area contributed by atoms with Crippen molar-refractivity contribution in [3.05, 3.63) is 23.9 Å². The van der Waals surface area contributed by atoms with Crippen molar-refractivity contribution >= 4 is 28.4 Å². The quantitative estimate of drug-likeness (QED) is 0.600. The summed E-state index contributed by atoms with van der Waals surface area (Å²) in [7, 11) is 0. The molecule has 3 nitrogen and oxygen atoms in total. The molecular formula is C12H15F2IN2O. The third-order valence-corrected chi connectivity index (χ3v) is 3.20. The standard InChI is InChI=1S/C12H15F2IN2O/c13-12(14,15)18-9-10-4-5-16-11(8-10)17-6-2-1-3-7-17/h4-5,8H,1-3,6-7,9H2. The first-order chi connectivity index (χ1) is 8.54. The normalized spacial score (nSPS) is 16.9. The summed E-state index contributed by atoms with van der Waals surface area (Å²) in [6.45, 7) is 1.87. The summed E-state index contributed by atoms with van der Waals surface area (Å²) >= 11 is 0.974. The fraction of sp³-hybridized carbons (Fsp3) is 0.583. The molecule has 0 unspecified atom stereocenters. The zero-order valence-electron chi connectivity index (χ0n) is 9.91. The van der Waals surface area contributed by atoms with E-state index in [4.69, 9.17) is 0 Å². The number of hydrogen-bond acceptors (Lipinski definition) is 3. The number of ether oxygens (including phenoxy) is 1. The summed E-state index contributed by atoms with van der Waals surface area (Å²) in [5.74, 6) is 0.854. The highest BCUT2D eigenvalue weighted by molar-refractivity contribution is 14.1. The van der Waals surface area contributed by atoms with E-state index in [0.29, 0.717) is 0 Å². The van der Waals surface area contributed by atoms with E-state index in [-0.39, 0.29) is 6.61 Å². The number of pyridine rings is 1. The van der Waals surface area contributed by atoms with Crippen molar-refractivity contribution in [1.29, 1.82) is 0 Å². The number of halogens is 3. The largest absolute Gasteiger partial charge is 0.408 e. The number of rotatable bonds is 4. The lowest BCUT2D eigenvalue weighted by Crippen LogP contribution is -2.30. The average molecular weight is 368 g/mol. The van der Waals surface area contributed by atoms with Gasteiger partial charge in [-0.25, -0.2) is 4.98 Å². The molecule has 1 fully saturated rings. The average Bonchev–Trinajstić information content (AvgIpc) is 2.37. The van der Waals surface area contributed by atoms with E-state index in [2.05, 4.69) is 14.6 Å². The summed E-state index contributed by atoms with van der Waals surface area (Å²) < 4.78 is 26.5. The molecule has 0 amide bonds. The summed E-state index contributed by atoms with van der Waals surface area (Å²) in [5.41, 5.74) is 0.724. The molecular weight excluding hydrogens is 353 g/mol. The van der Waals surface area contributed by atoms with E-state index < -0.39 is 4.12 Å². The van der Waals surface area contributed by atoms with Crippen LogP contribution in [0.2, 0.25) is 0 Å². The summed E-state index contributed by atoms with van der Waals surface area (Å²) in [6, 6.07) is 3.53. The van der Waals surface area contributed by atoms with Gasteiger partial charge in [-0.1, -0.05) is 0 Å². The minimum absolute atomic E-state index is 0.0979. The third-order valence-electron chi connectivity index (χ3n) is 2.89. The molecule has 18 heavy (non-hydrogen) atoms. The van der Waals surface area contributed by atoms with Crippen molar-refractivity contribution < 1.29 is 13.5 Å². The van der Waals surface area contributed by atoms with Crippen LogP contribution in [0, 0.1) is 0 Å². The molecule has 0 bridgehead atoms. The Bertz CT molecular complexity index is 392. The Morgan fingerprint density at radius 3 is 2.72 bits per heavy atom. The van der Waals surface area contributed by atoms with Gasteiger partial charge in [-0.15, -0.1) is 0 Å². The van der Waals surface area contributed by atoms with Crippen LogP contribution in [0.3, 0.4) is 0 Å². The molecule has 0 aromatic carbocycles. The zero-order chi connectivity index (χ0) is 13.0. The Balaban J connectivity index is 2.00. The monoisotopic (exact) mass is 368 g/mol. The molecule has 0 atom stereocenters. The fourth-order valence-corrected chi connectivity index (χ4v) is 2.17. The Hall–Kier alpha value is -0.500. The second-order valence-corrected chi connectivity index (χ2v) is 5.56. The third kappa shape index (κ3) is 4.31. The molecule has 2 rings (SSSR count). The van der Waals surface area contributed by atoms with Crippen LogP contribution in [0.4, 0.5) is 14.6 Å². The second kappa shape index (κ2) is 6.10. The number of nitrogens with zero attached hydrogens (tertiary/aromatic N) is 2. The summed E-state index contributed by atoms with van der Waals surface area (Å²) in [6.07, 6.45) is 5.22. The van der Waals surface area contributed by atoms with Gasteiger partial charge in [0.2, 0.25) is 0 Å². The maximum absolute atomic E-state index is 12.6. The molecule has 1 aliphatic rings. The van der Waals surface area contributed by atoms with E-state index in [9.17, 15) is 8.78 Å². The molecule has 0 spiro atoms. The fourth-order valence-electron chi connectivity index (χ4n) is 2.01. The smallest absolute Gasteiger partial charge is 0.357 e. The number of aromatic nitrogens is 1. The van der Waals surface area contributed by atoms with Gasteiger partial charge in [0.15, 0.2) is 0 Å². The maximum Gasteiger partial charge on any atom is 0.408 e. The first kappa shape index (κ1) is 13.9. The van der Waals surface area contributed by atoms with Crippen LogP contribution in [0.25, 0.3) is 0 Å². The van der Waals surface area contributed by atoms with Crippen LogP contribution in [0.5, 0.6) is 0 Å². The maximum atomic E-state index is 12.6. The van der Waals surface area contributed by atoms with E-state index >= 15 is 0 Å². The molecule has 0 saturated carbocycles. The Kier molecular flexibility index (Phi) is 4.71. The van der Waals surface area contributed by atoms with Crippen LogP contribution in [-0.2, 0) is 11.3 Å².